The Morgan fingerprint density at radius 1 is 0.792 bits per heavy atom. The zero-order valence-corrected chi connectivity index (χ0v) is 25.8. The summed E-state index contributed by atoms with van der Waals surface area (Å²) in [6.07, 6.45) is 8.44. The van der Waals surface area contributed by atoms with Crippen LogP contribution in [0.25, 0.3) is 35.2 Å². The van der Waals surface area contributed by atoms with Crippen LogP contribution in [0.3, 0.4) is 0 Å². The fourth-order valence-electron chi connectivity index (χ4n) is 4.74. The van der Waals surface area contributed by atoms with Crippen LogP contribution in [0, 0.1) is 10.1 Å². The molecule has 0 aliphatic carbocycles. The quantitative estimate of drug-likeness (QED) is 0.0490. The summed E-state index contributed by atoms with van der Waals surface area (Å²) in [4.78, 5) is 38.5. The Balaban J connectivity index is 1.63. The molecular formula is C37H29N3O8. The molecule has 48 heavy (non-hydrogen) atoms. The molecule has 0 fully saturated rings. The van der Waals surface area contributed by atoms with Crippen LogP contribution >= 0.6 is 0 Å². The Morgan fingerprint density at radius 2 is 1.38 bits per heavy atom. The maximum absolute atomic E-state index is 13.7. The zero-order valence-electron chi connectivity index (χ0n) is 25.8. The number of rotatable bonds is 12. The van der Waals surface area contributed by atoms with Gasteiger partial charge in [0.05, 0.1) is 30.4 Å². The van der Waals surface area contributed by atoms with E-state index in [1.807, 2.05) is 30.3 Å². The van der Waals surface area contributed by atoms with Crippen LogP contribution in [0.4, 0.5) is 5.69 Å². The Kier molecular flexibility index (Phi) is 9.90. The maximum atomic E-state index is 13.7. The Morgan fingerprint density at radius 3 is 1.92 bits per heavy atom. The number of hydrogen-bond donors (Lipinski definition) is 2. The molecule has 240 valence electrons. The summed E-state index contributed by atoms with van der Waals surface area (Å²) < 4.78 is 11.9. The fourth-order valence-corrected chi connectivity index (χ4v) is 4.74. The van der Waals surface area contributed by atoms with Crippen molar-refractivity contribution in [3.63, 3.8) is 0 Å². The lowest BCUT2D eigenvalue weighted by Gasteiger charge is -2.05. The number of carbonyl (C=O) groups is 2. The van der Waals surface area contributed by atoms with Crippen molar-refractivity contribution in [1.29, 1.82) is 0 Å². The Bertz CT molecular complexity index is 2020. The third kappa shape index (κ3) is 7.54. The standard InChI is InChI=1S/C37H29N3O8/c1-47-35-19-24(13-17-33(35)43)11-15-31(41)30(32(42)16-12-25-14-18-34(44)36(20-25)48-2)22-27-23-39(28-8-4-3-5-9-28)38-37(27)26-7-6-10-29(21-26)40(45)46/h3-23,43-44H,1-2H3/b15-11+,16-12+. The maximum Gasteiger partial charge on any atom is 0.270 e. The van der Waals surface area contributed by atoms with Crippen molar-refractivity contribution >= 4 is 35.5 Å². The molecule has 0 aliphatic heterocycles. The summed E-state index contributed by atoms with van der Waals surface area (Å²) in [5, 5.41) is 36.1. The number of aromatic nitrogens is 2. The number of phenolic OH excluding ortho intramolecular Hbond substituents is 2. The van der Waals surface area contributed by atoms with Crippen molar-refractivity contribution in [2.24, 2.45) is 0 Å². The van der Waals surface area contributed by atoms with Gasteiger partial charge in [-0.2, -0.15) is 5.10 Å². The smallest absolute Gasteiger partial charge is 0.270 e. The van der Waals surface area contributed by atoms with E-state index < -0.39 is 16.5 Å². The van der Waals surface area contributed by atoms with Gasteiger partial charge >= 0.3 is 0 Å². The second-order valence-electron chi connectivity index (χ2n) is 10.3. The third-order valence-electron chi connectivity index (χ3n) is 7.19. The van der Waals surface area contributed by atoms with Crippen molar-refractivity contribution in [2.45, 2.75) is 0 Å². The number of phenols is 2. The van der Waals surface area contributed by atoms with E-state index >= 15 is 0 Å². The van der Waals surface area contributed by atoms with Crippen LogP contribution < -0.4 is 9.47 Å². The van der Waals surface area contributed by atoms with E-state index in [4.69, 9.17) is 9.47 Å². The molecular weight excluding hydrogens is 614 g/mol. The van der Waals surface area contributed by atoms with Gasteiger partial charge in [0.15, 0.2) is 34.6 Å². The summed E-state index contributed by atoms with van der Waals surface area (Å²) in [7, 11) is 2.80. The van der Waals surface area contributed by atoms with Crippen molar-refractivity contribution in [1.82, 2.24) is 9.78 Å². The number of hydrogen-bond acceptors (Lipinski definition) is 9. The number of ketones is 2. The minimum atomic E-state index is -0.641. The topological polar surface area (TPSA) is 154 Å². The Labute approximate surface area is 275 Å². The van der Waals surface area contributed by atoms with Crippen LogP contribution in [-0.4, -0.2) is 50.7 Å². The highest BCUT2D eigenvalue weighted by Crippen LogP contribution is 2.30. The van der Waals surface area contributed by atoms with Crippen LogP contribution in [-0.2, 0) is 9.59 Å². The number of aromatic hydroxyl groups is 2. The van der Waals surface area contributed by atoms with Gasteiger partial charge in [-0.1, -0.05) is 54.6 Å². The first-order valence-corrected chi connectivity index (χ1v) is 14.5. The van der Waals surface area contributed by atoms with E-state index in [0.717, 1.165) is 0 Å². The first-order chi connectivity index (χ1) is 23.2. The molecule has 5 aromatic rings. The van der Waals surface area contributed by atoms with E-state index in [1.54, 1.807) is 29.1 Å². The summed E-state index contributed by atoms with van der Waals surface area (Å²) in [6, 6.07) is 24.1. The van der Waals surface area contributed by atoms with E-state index in [2.05, 4.69) is 5.10 Å². The summed E-state index contributed by atoms with van der Waals surface area (Å²) >= 11 is 0. The second-order valence-corrected chi connectivity index (χ2v) is 10.3. The molecule has 1 aromatic heterocycles. The number of nitro benzene ring substituents is 1. The molecule has 0 amide bonds. The normalized spacial score (nSPS) is 11.0. The lowest BCUT2D eigenvalue weighted by molar-refractivity contribution is -0.384. The molecule has 4 aromatic carbocycles. The van der Waals surface area contributed by atoms with E-state index in [9.17, 15) is 29.9 Å². The van der Waals surface area contributed by atoms with Gasteiger partial charge in [0.2, 0.25) is 0 Å². The molecule has 5 rings (SSSR count). The summed E-state index contributed by atoms with van der Waals surface area (Å²) in [6.45, 7) is 0. The average Bonchev–Trinajstić information content (AvgIpc) is 3.54. The lowest BCUT2D eigenvalue weighted by Crippen LogP contribution is -2.08. The molecule has 2 N–H and O–H groups in total. The minimum Gasteiger partial charge on any atom is -0.504 e. The molecule has 0 unspecified atom stereocenters. The highest BCUT2D eigenvalue weighted by molar-refractivity contribution is 6.31. The van der Waals surface area contributed by atoms with Crippen LogP contribution in [0.2, 0.25) is 0 Å². The van der Waals surface area contributed by atoms with Crippen molar-refractivity contribution in [2.75, 3.05) is 14.2 Å². The highest BCUT2D eigenvalue weighted by atomic mass is 16.6. The van der Waals surface area contributed by atoms with Crippen LogP contribution in [0.1, 0.15) is 16.7 Å². The van der Waals surface area contributed by atoms with Crippen molar-refractivity contribution in [3.05, 3.63) is 142 Å². The SMILES string of the molecule is COc1cc(/C=C/C(=O)C(=Cc2cn(-c3ccccc3)nc2-c2cccc([N+](=O)[O-])c2)C(=O)/C=C/c2ccc(O)c(OC)c2)ccc1O. The number of benzene rings is 4. The predicted octanol–water partition coefficient (Wildman–Crippen LogP) is 6.82. The highest BCUT2D eigenvalue weighted by Gasteiger charge is 2.19. The number of non-ortho nitro benzene ring substituents is 1. The van der Waals surface area contributed by atoms with Gasteiger partial charge in [0.1, 0.15) is 5.69 Å². The molecule has 0 saturated carbocycles. The van der Waals surface area contributed by atoms with Gasteiger partial charge < -0.3 is 19.7 Å². The van der Waals surface area contributed by atoms with Crippen molar-refractivity contribution in [3.8, 4) is 39.9 Å². The number of para-hydroxylation sites is 1. The number of nitrogens with zero attached hydrogens (tertiary/aromatic N) is 3. The molecule has 0 bridgehead atoms. The largest absolute Gasteiger partial charge is 0.504 e. The third-order valence-corrected chi connectivity index (χ3v) is 7.19. The molecule has 0 aliphatic rings. The summed E-state index contributed by atoms with van der Waals surface area (Å²) in [5.74, 6) is -1.01. The van der Waals surface area contributed by atoms with Gasteiger partial charge in [-0.15, -0.1) is 0 Å². The first kappa shape index (κ1) is 32.6. The summed E-state index contributed by atoms with van der Waals surface area (Å²) in [5.41, 5.74) is 2.45. The molecule has 11 nitrogen and oxygen atoms in total. The number of ether oxygens (including phenoxy) is 2. The number of allylic oxidation sites excluding steroid dienone is 3. The van der Waals surface area contributed by atoms with Crippen LogP contribution in [0.5, 0.6) is 23.0 Å². The fraction of sp³-hybridized carbons (Fsp3) is 0.0541. The molecule has 0 radical (unpaired) electrons. The lowest BCUT2D eigenvalue weighted by atomic mass is 9.99. The monoisotopic (exact) mass is 643 g/mol. The minimum absolute atomic E-state index is 0.0724. The van der Waals surface area contributed by atoms with E-state index in [0.29, 0.717) is 33.6 Å². The Hall–Kier alpha value is -6.75. The van der Waals surface area contributed by atoms with Gasteiger partial charge in [-0.3, -0.25) is 19.7 Å². The molecule has 0 spiro atoms. The molecule has 11 heteroatoms. The first-order valence-electron chi connectivity index (χ1n) is 14.5. The molecule has 1 heterocycles. The number of nitro groups is 1. The predicted molar refractivity (Wildman–Crippen MR) is 181 cm³/mol. The van der Waals surface area contributed by atoms with Gasteiger partial charge in [0.25, 0.3) is 5.69 Å². The zero-order chi connectivity index (χ0) is 34.2. The van der Waals surface area contributed by atoms with Gasteiger partial charge in [-0.25, -0.2) is 4.68 Å². The molecule has 0 saturated heterocycles. The molecule has 0 atom stereocenters. The average molecular weight is 644 g/mol. The number of carbonyl (C=O) groups excluding carboxylic acids is 2. The van der Waals surface area contributed by atoms with Crippen molar-refractivity contribution < 1.29 is 34.2 Å². The van der Waals surface area contributed by atoms with E-state index in [-0.39, 0.29) is 34.3 Å². The van der Waals surface area contributed by atoms with Gasteiger partial charge in [-0.05, 0) is 65.8 Å². The number of methoxy groups -OCH3 is 2. The van der Waals surface area contributed by atoms with Gasteiger partial charge in [0, 0.05) is 29.5 Å². The van der Waals surface area contributed by atoms with E-state index in [1.165, 1.54) is 87.1 Å². The second kappa shape index (κ2) is 14.6. The van der Waals surface area contributed by atoms with Crippen LogP contribution in [0.15, 0.2) is 115 Å².